The van der Waals surface area contributed by atoms with E-state index in [4.69, 9.17) is 11.6 Å². The minimum atomic E-state index is -0.544. The van der Waals surface area contributed by atoms with Crippen molar-refractivity contribution in [3.63, 3.8) is 0 Å². The van der Waals surface area contributed by atoms with E-state index in [1.165, 1.54) is 12.1 Å². The Morgan fingerprint density at radius 2 is 2.10 bits per heavy atom. The van der Waals surface area contributed by atoms with E-state index in [9.17, 15) is 14.9 Å². The molecule has 1 N–H and O–H groups in total. The number of carbonyl (C=O) groups is 1. The number of halogens is 1. The molecule has 0 fully saturated rings. The highest BCUT2D eigenvalue weighted by atomic mass is 35.5. The summed E-state index contributed by atoms with van der Waals surface area (Å²) in [6, 6.07) is 5.95. The summed E-state index contributed by atoms with van der Waals surface area (Å²) in [4.78, 5) is 22.4. The molecule has 20 heavy (non-hydrogen) atoms. The first-order chi connectivity index (χ1) is 9.60. The van der Waals surface area contributed by atoms with Crippen LogP contribution in [0.4, 0.5) is 5.69 Å². The van der Waals surface area contributed by atoms with Gasteiger partial charge in [0.05, 0.1) is 4.92 Å². The molecule has 6 heteroatoms. The van der Waals surface area contributed by atoms with Crippen LogP contribution in [-0.4, -0.2) is 23.3 Å². The lowest BCUT2D eigenvalue weighted by atomic mass is 10.0. The summed E-state index contributed by atoms with van der Waals surface area (Å²) in [6.07, 6.45) is 2.82. The zero-order chi connectivity index (χ0) is 15.0. The Morgan fingerprint density at radius 1 is 1.40 bits per heavy atom. The number of nitrogens with one attached hydrogen (secondary N) is 1. The van der Waals surface area contributed by atoms with Gasteiger partial charge >= 0.3 is 0 Å². The fraction of sp³-hybridized carbons (Fsp3) is 0.500. The van der Waals surface area contributed by atoms with Crippen LogP contribution in [0.3, 0.4) is 0 Å². The molecule has 5 nitrogen and oxygen atoms in total. The third kappa shape index (κ3) is 4.81. The molecule has 0 aromatic heterocycles. The molecule has 0 heterocycles. The quantitative estimate of drug-likeness (QED) is 0.454. The highest BCUT2D eigenvalue weighted by Gasteiger charge is 2.19. The van der Waals surface area contributed by atoms with Gasteiger partial charge in [0.1, 0.15) is 5.56 Å². The number of nitro benzene ring substituents is 1. The van der Waals surface area contributed by atoms with Gasteiger partial charge in [-0.05, 0) is 24.8 Å². The van der Waals surface area contributed by atoms with Gasteiger partial charge in [0.2, 0.25) is 0 Å². The van der Waals surface area contributed by atoms with Crippen molar-refractivity contribution in [1.82, 2.24) is 5.32 Å². The highest BCUT2D eigenvalue weighted by Crippen LogP contribution is 2.18. The number of benzene rings is 1. The Labute approximate surface area is 123 Å². The Bertz CT molecular complexity index is 459. The van der Waals surface area contributed by atoms with Gasteiger partial charge in [0.15, 0.2) is 0 Å². The molecular formula is C14H19ClN2O3. The maximum Gasteiger partial charge on any atom is 0.282 e. The predicted octanol–water partition coefficient (Wildman–Crippen LogP) is 3.37. The second-order valence-electron chi connectivity index (χ2n) is 4.62. The highest BCUT2D eigenvalue weighted by molar-refractivity contribution is 6.17. The van der Waals surface area contributed by atoms with E-state index in [2.05, 4.69) is 12.2 Å². The molecule has 0 saturated carbocycles. The summed E-state index contributed by atoms with van der Waals surface area (Å²) < 4.78 is 0. The van der Waals surface area contributed by atoms with Crippen molar-refractivity contribution in [2.75, 3.05) is 12.4 Å². The van der Waals surface area contributed by atoms with Gasteiger partial charge in [-0.3, -0.25) is 14.9 Å². The van der Waals surface area contributed by atoms with Gasteiger partial charge in [-0.25, -0.2) is 0 Å². The van der Waals surface area contributed by atoms with Gasteiger partial charge in [0.25, 0.3) is 11.6 Å². The molecule has 1 rings (SSSR count). The van der Waals surface area contributed by atoms with Crippen LogP contribution in [0.25, 0.3) is 0 Å². The molecule has 1 unspecified atom stereocenters. The van der Waals surface area contributed by atoms with Crippen molar-refractivity contribution in [3.8, 4) is 0 Å². The number of nitro groups is 1. The van der Waals surface area contributed by atoms with Crippen LogP contribution in [0.15, 0.2) is 24.3 Å². The third-order valence-corrected chi connectivity index (χ3v) is 3.33. The molecule has 1 atom stereocenters. The Balaban J connectivity index is 2.69. The van der Waals surface area contributed by atoms with E-state index >= 15 is 0 Å². The van der Waals surface area contributed by atoms with Crippen LogP contribution in [-0.2, 0) is 0 Å². The first-order valence-corrected chi connectivity index (χ1v) is 7.21. The maximum absolute atomic E-state index is 12.0. The van der Waals surface area contributed by atoms with Crippen molar-refractivity contribution >= 4 is 23.2 Å². The van der Waals surface area contributed by atoms with Crippen LogP contribution in [0.2, 0.25) is 0 Å². The molecule has 0 bridgehead atoms. The minimum Gasteiger partial charge on any atom is -0.352 e. The molecule has 0 saturated heterocycles. The summed E-state index contributed by atoms with van der Waals surface area (Å²) in [5.41, 5.74) is -0.0759. The average molecular weight is 299 g/mol. The first-order valence-electron chi connectivity index (χ1n) is 6.67. The Hall–Kier alpha value is -1.62. The second kappa shape index (κ2) is 8.53. The van der Waals surface area contributed by atoms with E-state index in [0.717, 1.165) is 19.3 Å². The summed E-state index contributed by atoms with van der Waals surface area (Å²) >= 11 is 5.73. The van der Waals surface area contributed by atoms with E-state index in [1.807, 2.05) is 0 Å². The van der Waals surface area contributed by atoms with Gasteiger partial charge in [0, 0.05) is 18.5 Å². The summed E-state index contributed by atoms with van der Waals surface area (Å²) in [6.45, 7) is 2.57. The largest absolute Gasteiger partial charge is 0.352 e. The zero-order valence-electron chi connectivity index (χ0n) is 11.5. The Kier molecular flexibility index (Phi) is 7.01. The topological polar surface area (TPSA) is 72.2 Å². The van der Waals surface area contributed by atoms with Crippen LogP contribution in [0.1, 0.15) is 36.5 Å². The van der Waals surface area contributed by atoms with Crippen LogP contribution < -0.4 is 5.32 Å². The lowest BCUT2D eigenvalue weighted by molar-refractivity contribution is -0.385. The summed E-state index contributed by atoms with van der Waals surface area (Å²) in [7, 11) is 0. The fourth-order valence-corrected chi connectivity index (χ4v) is 2.38. The maximum atomic E-state index is 12.0. The van der Waals surface area contributed by atoms with Gasteiger partial charge < -0.3 is 5.32 Å². The van der Waals surface area contributed by atoms with Gasteiger partial charge in [-0.15, -0.1) is 11.6 Å². The van der Waals surface area contributed by atoms with E-state index in [-0.39, 0.29) is 11.3 Å². The number of para-hydroxylation sites is 1. The number of alkyl halides is 1. The number of amides is 1. The summed E-state index contributed by atoms with van der Waals surface area (Å²) in [5, 5.41) is 13.6. The zero-order valence-corrected chi connectivity index (χ0v) is 12.2. The van der Waals surface area contributed by atoms with E-state index in [0.29, 0.717) is 18.3 Å². The van der Waals surface area contributed by atoms with Crippen LogP contribution >= 0.6 is 11.6 Å². The van der Waals surface area contributed by atoms with Crippen LogP contribution in [0, 0.1) is 16.0 Å². The van der Waals surface area contributed by atoms with Crippen molar-refractivity contribution in [2.24, 2.45) is 5.92 Å². The van der Waals surface area contributed by atoms with E-state index < -0.39 is 10.8 Å². The summed E-state index contributed by atoms with van der Waals surface area (Å²) in [5.74, 6) is 0.448. The van der Waals surface area contributed by atoms with Gasteiger partial charge in [-0.1, -0.05) is 25.5 Å². The van der Waals surface area contributed by atoms with Crippen molar-refractivity contribution < 1.29 is 9.72 Å². The lowest BCUT2D eigenvalue weighted by Gasteiger charge is -2.15. The first kappa shape index (κ1) is 16.4. The third-order valence-electron chi connectivity index (χ3n) is 3.11. The number of rotatable bonds is 8. The predicted molar refractivity (Wildman–Crippen MR) is 79.2 cm³/mol. The molecule has 1 aromatic rings. The molecule has 0 radical (unpaired) electrons. The molecular weight excluding hydrogens is 280 g/mol. The number of nitrogens with zero attached hydrogens (tertiary/aromatic N) is 1. The van der Waals surface area contributed by atoms with Crippen molar-refractivity contribution in [1.29, 1.82) is 0 Å². The lowest BCUT2D eigenvalue weighted by Crippen LogP contribution is -2.30. The van der Waals surface area contributed by atoms with Gasteiger partial charge in [-0.2, -0.15) is 0 Å². The molecule has 1 aromatic carbocycles. The smallest absolute Gasteiger partial charge is 0.282 e. The molecule has 0 aliphatic heterocycles. The van der Waals surface area contributed by atoms with Crippen molar-refractivity contribution in [2.45, 2.75) is 26.2 Å². The number of hydrogen-bond acceptors (Lipinski definition) is 3. The second-order valence-corrected chi connectivity index (χ2v) is 4.99. The number of carbonyl (C=O) groups excluding carboxylic acids is 1. The minimum absolute atomic E-state index is 0.0959. The monoisotopic (exact) mass is 298 g/mol. The molecule has 0 spiro atoms. The molecule has 110 valence electrons. The number of hydrogen-bond donors (Lipinski definition) is 1. The molecule has 1 amide bonds. The normalized spacial score (nSPS) is 11.9. The van der Waals surface area contributed by atoms with E-state index in [1.54, 1.807) is 12.1 Å². The average Bonchev–Trinajstić information content (AvgIpc) is 2.45. The van der Waals surface area contributed by atoms with Crippen molar-refractivity contribution in [3.05, 3.63) is 39.9 Å². The fourth-order valence-electron chi connectivity index (χ4n) is 2.07. The SMILES string of the molecule is CCCC(CCCl)CNC(=O)c1ccccc1[N+](=O)[O-]. The van der Waals surface area contributed by atoms with Crippen LogP contribution in [0.5, 0.6) is 0 Å². The standard InChI is InChI=1S/C14H19ClN2O3/c1-2-5-11(8-9-15)10-16-14(18)12-6-3-4-7-13(12)17(19)20/h3-4,6-7,11H,2,5,8-10H2,1H3,(H,16,18). The molecule has 0 aliphatic rings. The Morgan fingerprint density at radius 3 is 2.70 bits per heavy atom. The molecule has 0 aliphatic carbocycles.